The molecule has 0 saturated carbocycles. The number of carbonyl (C=O) groups excluding carboxylic acids is 1. The second-order valence-electron chi connectivity index (χ2n) is 5.68. The van der Waals surface area contributed by atoms with Crippen LogP contribution in [-0.2, 0) is 11.8 Å². The van der Waals surface area contributed by atoms with Crippen molar-refractivity contribution < 1.29 is 9.21 Å². The molecule has 126 valence electrons. The SMILES string of the molecule is CC(=O)CSc1nnc(-c2ccc(-c3ccc4cnn(C)c4c3)o2)[nH]1. The van der Waals surface area contributed by atoms with E-state index < -0.39 is 0 Å². The van der Waals surface area contributed by atoms with Gasteiger partial charge < -0.3 is 9.40 Å². The van der Waals surface area contributed by atoms with E-state index in [0.717, 1.165) is 22.2 Å². The van der Waals surface area contributed by atoms with Crippen LogP contribution in [0.5, 0.6) is 0 Å². The largest absolute Gasteiger partial charge is 0.453 e. The number of thioether (sulfide) groups is 1. The minimum Gasteiger partial charge on any atom is -0.453 e. The topological polar surface area (TPSA) is 89.6 Å². The Hall–Kier alpha value is -2.87. The molecule has 0 aliphatic rings. The van der Waals surface area contributed by atoms with Crippen LogP contribution in [0.25, 0.3) is 33.8 Å². The number of hydrogen-bond donors (Lipinski definition) is 1. The molecule has 0 amide bonds. The lowest BCUT2D eigenvalue weighted by molar-refractivity contribution is -0.114. The number of furan rings is 1. The number of aryl methyl sites for hydroxylation is 1. The van der Waals surface area contributed by atoms with Gasteiger partial charge >= 0.3 is 0 Å². The van der Waals surface area contributed by atoms with Gasteiger partial charge in [0.25, 0.3) is 0 Å². The van der Waals surface area contributed by atoms with Gasteiger partial charge in [0.05, 0.1) is 17.5 Å². The lowest BCUT2D eigenvalue weighted by Gasteiger charge is -1.99. The van der Waals surface area contributed by atoms with Gasteiger partial charge in [-0.15, -0.1) is 10.2 Å². The second-order valence-corrected chi connectivity index (χ2v) is 6.64. The van der Waals surface area contributed by atoms with Gasteiger partial charge in [-0.05, 0) is 25.1 Å². The molecule has 1 N–H and O–H groups in total. The summed E-state index contributed by atoms with van der Waals surface area (Å²) in [6.07, 6.45) is 1.83. The minimum atomic E-state index is 0.0915. The monoisotopic (exact) mass is 353 g/mol. The quantitative estimate of drug-likeness (QED) is 0.554. The zero-order valence-electron chi connectivity index (χ0n) is 13.7. The molecule has 3 heterocycles. The Labute approximate surface area is 147 Å². The molecule has 0 unspecified atom stereocenters. The molecule has 0 spiro atoms. The Balaban J connectivity index is 1.60. The van der Waals surface area contributed by atoms with E-state index in [1.807, 2.05) is 48.3 Å². The van der Waals surface area contributed by atoms with E-state index in [9.17, 15) is 4.79 Å². The van der Waals surface area contributed by atoms with Crippen LogP contribution in [0.2, 0.25) is 0 Å². The average Bonchev–Trinajstić information content (AvgIpc) is 3.32. The Bertz CT molecular complexity index is 1060. The number of H-pyrrole nitrogens is 1. The van der Waals surface area contributed by atoms with Gasteiger partial charge in [-0.2, -0.15) is 5.10 Å². The van der Waals surface area contributed by atoms with Crippen LogP contribution >= 0.6 is 11.8 Å². The van der Waals surface area contributed by atoms with Crippen molar-refractivity contribution in [3.63, 3.8) is 0 Å². The molecule has 0 atom stereocenters. The van der Waals surface area contributed by atoms with Crippen molar-refractivity contribution in [3.8, 4) is 22.9 Å². The van der Waals surface area contributed by atoms with E-state index in [1.54, 1.807) is 6.92 Å². The number of Topliss-reactive ketones (excluding diaryl/α,β-unsaturated/α-hetero) is 1. The van der Waals surface area contributed by atoms with Gasteiger partial charge in [-0.25, -0.2) is 0 Å². The number of fused-ring (bicyclic) bond motifs is 1. The first-order valence-corrected chi connectivity index (χ1v) is 8.66. The van der Waals surface area contributed by atoms with Crippen molar-refractivity contribution in [2.45, 2.75) is 12.1 Å². The number of hydrogen-bond acceptors (Lipinski definition) is 6. The van der Waals surface area contributed by atoms with Crippen LogP contribution in [0, 0.1) is 0 Å². The lowest BCUT2D eigenvalue weighted by Crippen LogP contribution is -1.93. The number of rotatable bonds is 5. The molecular weight excluding hydrogens is 338 g/mol. The molecule has 25 heavy (non-hydrogen) atoms. The van der Waals surface area contributed by atoms with Gasteiger partial charge in [0.1, 0.15) is 11.5 Å². The maximum Gasteiger partial charge on any atom is 0.197 e. The van der Waals surface area contributed by atoms with Crippen LogP contribution in [-0.4, -0.2) is 36.5 Å². The Morgan fingerprint density at radius 2 is 2.08 bits per heavy atom. The fourth-order valence-electron chi connectivity index (χ4n) is 2.51. The normalized spacial score (nSPS) is 11.3. The number of aromatic nitrogens is 5. The third-order valence-corrected chi connectivity index (χ3v) is 4.76. The number of carbonyl (C=O) groups is 1. The van der Waals surface area contributed by atoms with Gasteiger partial charge in [0, 0.05) is 18.0 Å². The van der Waals surface area contributed by atoms with E-state index in [2.05, 4.69) is 20.3 Å². The maximum absolute atomic E-state index is 11.0. The Kier molecular flexibility index (Phi) is 3.89. The van der Waals surface area contributed by atoms with Crippen molar-refractivity contribution in [1.29, 1.82) is 0 Å². The summed E-state index contributed by atoms with van der Waals surface area (Å²) in [5.74, 6) is 2.34. The van der Waals surface area contributed by atoms with Gasteiger partial charge in [0.15, 0.2) is 16.7 Å². The van der Waals surface area contributed by atoms with Crippen molar-refractivity contribution in [1.82, 2.24) is 25.0 Å². The van der Waals surface area contributed by atoms with Crippen molar-refractivity contribution in [3.05, 3.63) is 36.5 Å². The molecule has 1 aromatic carbocycles. The maximum atomic E-state index is 11.0. The van der Waals surface area contributed by atoms with E-state index >= 15 is 0 Å². The van der Waals surface area contributed by atoms with E-state index in [0.29, 0.717) is 22.5 Å². The van der Waals surface area contributed by atoms with Crippen LogP contribution in [0.15, 0.2) is 46.1 Å². The minimum absolute atomic E-state index is 0.0915. The van der Waals surface area contributed by atoms with Crippen LogP contribution < -0.4 is 0 Å². The lowest BCUT2D eigenvalue weighted by atomic mass is 10.1. The molecule has 0 aliphatic heterocycles. The first kappa shape index (κ1) is 15.6. The highest BCUT2D eigenvalue weighted by molar-refractivity contribution is 7.99. The van der Waals surface area contributed by atoms with E-state index in [4.69, 9.17) is 4.42 Å². The predicted molar refractivity (Wildman–Crippen MR) is 95.2 cm³/mol. The molecule has 4 rings (SSSR count). The highest BCUT2D eigenvalue weighted by atomic mass is 32.2. The summed E-state index contributed by atoms with van der Waals surface area (Å²) >= 11 is 1.32. The number of nitrogens with one attached hydrogen (secondary N) is 1. The molecule has 7 nitrogen and oxygen atoms in total. The second kappa shape index (κ2) is 6.21. The fraction of sp³-hybridized carbons (Fsp3) is 0.176. The number of nitrogens with zero attached hydrogens (tertiary/aromatic N) is 4. The predicted octanol–water partition coefficient (Wildman–Crippen LogP) is 3.30. The summed E-state index contributed by atoms with van der Waals surface area (Å²) < 4.78 is 7.75. The third kappa shape index (κ3) is 3.08. The zero-order valence-corrected chi connectivity index (χ0v) is 14.5. The summed E-state index contributed by atoms with van der Waals surface area (Å²) in [6, 6.07) is 9.81. The average molecular weight is 353 g/mol. The molecule has 0 aliphatic carbocycles. The van der Waals surface area contributed by atoms with Crippen molar-refractivity contribution in [2.75, 3.05) is 5.75 Å². The molecule has 4 aromatic rings. The third-order valence-electron chi connectivity index (χ3n) is 3.75. The number of ketones is 1. The van der Waals surface area contributed by atoms with Crippen LogP contribution in [0.3, 0.4) is 0 Å². The highest BCUT2D eigenvalue weighted by Crippen LogP contribution is 2.29. The molecule has 3 aromatic heterocycles. The first-order chi connectivity index (χ1) is 12.1. The summed E-state index contributed by atoms with van der Waals surface area (Å²) in [6.45, 7) is 1.54. The Morgan fingerprint density at radius 3 is 2.92 bits per heavy atom. The smallest absolute Gasteiger partial charge is 0.197 e. The standard InChI is InChI=1S/C17H15N5O2S/c1-10(23)9-25-17-19-16(20-21-17)15-6-5-14(24-15)11-3-4-12-8-18-22(2)13(12)7-11/h3-8H,9H2,1-2H3,(H,19,20,21). The van der Waals surface area contributed by atoms with Gasteiger partial charge in [-0.1, -0.05) is 23.9 Å². The summed E-state index contributed by atoms with van der Waals surface area (Å²) in [7, 11) is 1.91. The molecular formula is C17H15N5O2S. The van der Waals surface area contributed by atoms with Crippen molar-refractivity contribution >= 4 is 28.4 Å². The zero-order chi connectivity index (χ0) is 17.4. The van der Waals surface area contributed by atoms with Gasteiger partial charge in [-0.3, -0.25) is 9.48 Å². The number of benzene rings is 1. The summed E-state index contributed by atoms with van der Waals surface area (Å²) in [4.78, 5) is 14.1. The van der Waals surface area contributed by atoms with Crippen molar-refractivity contribution in [2.24, 2.45) is 7.05 Å². The van der Waals surface area contributed by atoms with Gasteiger partial charge in [0.2, 0.25) is 0 Å². The van der Waals surface area contributed by atoms with Crippen LogP contribution in [0.4, 0.5) is 0 Å². The molecule has 0 radical (unpaired) electrons. The molecule has 0 fully saturated rings. The first-order valence-electron chi connectivity index (χ1n) is 7.67. The molecule has 0 bridgehead atoms. The van der Waals surface area contributed by atoms with Crippen LogP contribution in [0.1, 0.15) is 6.92 Å². The summed E-state index contributed by atoms with van der Waals surface area (Å²) in [5, 5.41) is 14.0. The molecule has 8 heteroatoms. The fourth-order valence-corrected chi connectivity index (χ4v) is 3.12. The molecule has 0 saturated heterocycles. The van der Waals surface area contributed by atoms with E-state index in [-0.39, 0.29) is 5.78 Å². The number of aromatic amines is 1. The highest BCUT2D eigenvalue weighted by Gasteiger charge is 2.13. The Morgan fingerprint density at radius 1 is 1.24 bits per heavy atom. The summed E-state index contributed by atoms with van der Waals surface area (Å²) in [5.41, 5.74) is 2.01. The van der Waals surface area contributed by atoms with E-state index in [1.165, 1.54) is 11.8 Å².